The highest BCUT2D eigenvalue weighted by Gasteiger charge is 2.18. The van der Waals surface area contributed by atoms with Crippen LogP contribution in [-0.4, -0.2) is 35.9 Å². The maximum atomic E-state index is 11.3. The van der Waals surface area contributed by atoms with Crippen LogP contribution in [0.4, 0.5) is 5.69 Å². The third-order valence-electron chi connectivity index (χ3n) is 2.60. The summed E-state index contributed by atoms with van der Waals surface area (Å²) in [6.07, 6.45) is 0. The molecule has 0 aliphatic rings. The van der Waals surface area contributed by atoms with Gasteiger partial charge in [0.15, 0.2) is 5.11 Å². The van der Waals surface area contributed by atoms with Gasteiger partial charge in [0.1, 0.15) is 6.04 Å². The van der Waals surface area contributed by atoms with Crippen molar-refractivity contribution in [2.75, 3.05) is 19.0 Å². The smallest absolute Gasteiger partial charge is 0.330 e. The number of aryl methyl sites for hydroxylation is 2. The lowest BCUT2D eigenvalue weighted by molar-refractivity contribution is -0.143. The van der Waals surface area contributed by atoms with Gasteiger partial charge in [-0.3, -0.25) is 0 Å². The number of methoxy groups -OCH3 is 1. The summed E-state index contributed by atoms with van der Waals surface area (Å²) in [4.78, 5) is 11.3. The Bertz CT molecular complexity index is 477. The predicted molar refractivity (Wildman–Crippen MR) is 78.2 cm³/mol. The predicted octanol–water partition coefficient (Wildman–Crippen LogP) is 1.12. The minimum atomic E-state index is -0.865. The molecule has 1 unspecified atom stereocenters. The number of esters is 1. The Kier molecular flexibility index (Phi) is 5.72. The lowest BCUT2D eigenvalue weighted by Gasteiger charge is -2.17. The Morgan fingerprint density at radius 1 is 1.47 bits per heavy atom. The first-order chi connectivity index (χ1) is 8.97. The molecule has 6 heteroatoms. The van der Waals surface area contributed by atoms with Crippen molar-refractivity contribution in [3.05, 3.63) is 29.3 Å². The first kappa shape index (κ1) is 15.4. The van der Waals surface area contributed by atoms with E-state index in [1.165, 1.54) is 7.11 Å². The summed E-state index contributed by atoms with van der Waals surface area (Å²) in [5.74, 6) is -0.563. The second kappa shape index (κ2) is 7.06. The maximum absolute atomic E-state index is 11.3. The molecule has 0 aliphatic carbocycles. The summed E-state index contributed by atoms with van der Waals surface area (Å²) < 4.78 is 4.54. The summed E-state index contributed by atoms with van der Waals surface area (Å²) in [5.41, 5.74) is 3.05. The van der Waals surface area contributed by atoms with Gasteiger partial charge in [0.25, 0.3) is 0 Å². The standard InChI is InChI=1S/C13H18N2O3S/c1-8-4-5-10(9(2)6-8)14-13(19)15-11(7-16)12(17)18-3/h4-6,11,16H,7H2,1-3H3,(H2,14,15,19). The van der Waals surface area contributed by atoms with Crippen LogP contribution in [0, 0.1) is 13.8 Å². The van der Waals surface area contributed by atoms with Crippen LogP contribution >= 0.6 is 12.2 Å². The van der Waals surface area contributed by atoms with Gasteiger partial charge in [-0.2, -0.15) is 0 Å². The van der Waals surface area contributed by atoms with Crippen LogP contribution in [0.3, 0.4) is 0 Å². The van der Waals surface area contributed by atoms with E-state index >= 15 is 0 Å². The molecule has 0 saturated heterocycles. The Morgan fingerprint density at radius 3 is 2.68 bits per heavy atom. The Morgan fingerprint density at radius 2 is 2.16 bits per heavy atom. The van der Waals surface area contributed by atoms with Crippen molar-refractivity contribution in [3.63, 3.8) is 0 Å². The highest BCUT2D eigenvalue weighted by Crippen LogP contribution is 2.15. The van der Waals surface area contributed by atoms with Gasteiger partial charge in [0.05, 0.1) is 13.7 Å². The molecule has 3 N–H and O–H groups in total. The molecule has 0 amide bonds. The van der Waals surface area contributed by atoms with Crippen LogP contribution in [0.15, 0.2) is 18.2 Å². The number of aliphatic hydroxyl groups excluding tert-OH is 1. The van der Waals surface area contributed by atoms with E-state index < -0.39 is 12.0 Å². The normalized spacial score (nSPS) is 11.6. The fraction of sp³-hybridized carbons (Fsp3) is 0.385. The SMILES string of the molecule is COC(=O)C(CO)NC(=S)Nc1ccc(C)cc1C. The van der Waals surface area contributed by atoms with E-state index in [0.717, 1.165) is 16.8 Å². The number of nitrogens with one attached hydrogen (secondary N) is 2. The maximum Gasteiger partial charge on any atom is 0.330 e. The molecule has 0 spiro atoms. The average Bonchev–Trinajstić information content (AvgIpc) is 2.38. The van der Waals surface area contributed by atoms with Crippen molar-refractivity contribution in [2.45, 2.75) is 19.9 Å². The Labute approximate surface area is 118 Å². The summed E-state index contributed by atoms with van der Waals surface area (Å²) >= 11 is 5.10. The van der Waals surface area contributed by atoms with Gasteiger partial charge in [0.2, 0.25) is 0 Å². The molecule has 19 heavy (non-hydrogen) atoms. The number of hydrogen-bond acceptors (Lipinski definition) is 4. The zero-order valence-electron chi connectivity index (χ0n) is 11.2. The van der Waals surface area contributed by atoms with Crippen molar-refractivity contribution >= 4 is 29.0 Å². The molecule has 104 valence electrons. The van der Waals surface area contributed by atoms with E-state index in [2.05, 4.69) is 15.4 Å². The van der Waals surface area contributed by atoms with E-state index in [4.69, 9.17) is 17.3 Å². The number of ether oxygens (including phenoxy) is 1. The molecular weight excluding hydrogens is 264 g/mol. The van der Waals surface area contributed by atoms with Crippen molar-refractivity contribution in [1.29, 1.82) is 0 Å². The number of rotatable bonds is 4. The fourth-order valence-electron chi connectivity index (χ4n) is 1.59. The molecule has 0 heterocycles. The van der Waals surface area contributed by atoms with Gasteiger partial charge >= 0.3 is 5.97 Å². The molecule has 0 radical (unpaired) electrons. The van der Waals surface area contributed by atoms with Crippen LogP contribution in [0.25, 0.3) is 0 Å². The summed E-state index contributed by atoms with van der Waals surface area (Å²) in [6, 6.07) is 5.03. The molecule has 0 bridgehead atoms. The van der Waals surface area contributed by atoms with Crippen LogP contribution in [0.2, 0.25) is 0 Å². The topological polar surface area (TPSA) is 70.6 Å². The summed E-state index contributed by atoms with van der Waals surface area (Å²) in [5, 5.41) is 15.0. The number of carbonyl (C=O) groups is 1. The molecular formula is C13H18N2O3S. The van der Waals surface area contributed by atoms with Crippen molar-refractivity contribution < 1.29 is 14.6 Å². The molecule has 1 aromatic carbocycles. The number of thiocarbonyl (C=S) groups is 1. The van der Waals surface area contributed by atoms with Gasteiger partial charge in [-0.15, -0.1) is 0 Å². The first-order valence-electron chi connectivity index (χ1n) is 5.81. The zero-order valence-corrected chi connectivity index (χ0v) is 12.0. The van der Waals surface area contributed by atoms with Gasteiger partial charge in [-0.05, 0) is 37.7 Å². The highest BCUT2D eigenvalue weighted by atomic mass is 32.1. The van der Waals surface area contributed by atoms with E-state index in [1.54, 1.807) is 0 Å². The third kappa shape index (κ3) is 4.50. The number of hydrogen-bond donors (Lipinski definition) is 3. The lowest BCUT2D eigenvalue weighted by Crippen LogP contribution is -2.45. The molecule has 0 saturated carbocycles. The lowest BCUT2D eigenvalue weighted by atomic mass is 10.1. The second-order valence-corrected chi connectivity index (χ2v) is 4.58. The van der Waals surface area contributed by atoms with Crippen molar-refractivity contribution in [3.8, 4) is 0 Å². The van der Waals surface area contributed by atoms with Crippen LogP contribution in [-0.2, 0) is 9.53 Å². The molecule has 0 aliphatic heterocycles. The molecule has 1 aromatic rings. The quantitative estimate of drug-likeness (QED) is 0.568. The second-order valence-electron chi connectivity index (χ2n) is 4.18. The Balaban J connectivity index is 2.66. The van der Waals surface area contributed by atoms with E-state index in [-0.39, 0.29) is 11.7 Å². The molecule has 1 rings (SSSR count). The summed E-state index contributed by atoms with van der Waals surface area (Å²) in [6.45, 7) is 3.58. The zero-order chi connectivity index (χ0) is 14.4. The van der Waals surface area contributed by atoms with Crippen LogP contribution in [0.5, 0.6) is 0 Å². The fourth-order valence-corrected chi connectivity index (χ4v) is 1.84. The molecule has 0 aromatic heterocycles. The molecule has 0 fully saturated rings. The largest absolute Gasteiger partial charge is 0.467 e. The van der Waals surface area contributed by atoms with E-state index in [1.807, 2.05) is 32.0 Å². The van der Waals surface area contributed by atoms with Crippen molar-refractivity contribution in [1.82, 2.24) is 5.32 Å². The average molecular weight is 282 g/mol. The minimum Gasteiger partial charge on any atom is -0.467 e. The van der Waals surface area contributed by atoms with Crippen LogP contribution < -0.4 is 10.6 Å². The van der Waals surface area contributed by atoms with E-state index in [9.17, 15) is 4.79 Å². The number of benzene rings is 1. The number of carbonyl (C=O) groups excluding carboxylic acids is 1. The van der Waals surface area contributed by atoms with Gasteiger partial charge < -0.3 is 20.5 Å². The van der Waals surface area contributed by atoms with Crippen molar-refractivity contribution in [2.24, 2.45) is 0 Å². The first-order valence-corrected chi connectivity index (χ1v) is 6.22. The van der Waals surface area contributed by atoms with Gasteiger partial charge in [0, 0.05) is 5.69 Å². The number of anilines is 1. The van der Waals surface area contributed by atoms with Gasteiger partial charge in [-0.25, -0.2) is 4.79 Å². The Hall–Kier alpha value is -1.66. The third-order valence-corrected chi connectivity index (χ3v) is 2.82. The molecule has 5 nitrogen and oxygen atoms in total. The highest BCUT2D eigenvalue weighted by molar-refractivity contribution is 7.80. The van der Waals surface area contributed by atoms with E-state index in [0.29, 0.717) is 0 Å². The van der Waals surface area contributed by atoms with Crippen LogP contribution in [0.1, 0.15) is 11.1 Å². The molecule has 1 atom stereocenters. The number of aliphatic hydroxyl groups is 1. The summed E-state index contributed by atoms with van der Waals surface area (Å²) in [7, 11) is 1.26. The van der Waals surface area contributed by atoms with Gasteiger partial charge in [-0.1, -0.05) is 17.7 Å². The minimum absolute atomic E-state index is 0.261. The monoisotopic (exact) mass is 282 g/mol.